The lowest BCUT2D eigenvalue weighted by atomic mass is 10.1. The lowest BCUT2D eigenvalue weighted by Crippen LogP contribution is -2.52. The maximum absolute atomic E-state index is 12.7. The summed E-state index contributed by atoms with van der Waals surface area (Å²) in [5.41, 5.74) is 0.548. The summed E-state index contributed by atoms with van der Waals surface area (Å²) >= 11 is 0. The molecule has 2 atom stereocenters. The summed E-state index contributed by atoms with van der Waals surface area (Å²) in [7, 11) is 0. The Morgan fingerprint density at radius 3 is 3.19 bits per heavy atom. The monoisotopic (exact) mass is 220 g/mol. The van der Waals surface area contributed by atoms with Gasteiger partial charge in [-0.3, -0.25) is 0 Å². The molecule has 0 radical (unpaired) electrons. The number of fused-ring (bicyclic) bond motifs is 1. The van der Waals surface area contributed by atoms with Crippen molar-refractivity contribution in [2.45, 2.75) is 25.5 Å². The van der Waals surface area contributed by atoms with Crippen LogP contribution in [0.3, 0.4) is 0 Å². The Labute approximate surface area is 92.8 Å². The second-order valence-electron chi connectivity index (χ2n) is 4.01. The van der Waals surface area contributed by atoms with Crippen LogP contribution in [0, 0.1) is 5.21 Å². The van der Waals surface area contributed by atoms with E-state index in [-0.39, 0.29) is 0 Å². The van der Waals surface area contributed by atoms with Crippen LogP contribution in [-0.2, 0) is 4.74 Å². The molecule has 2 unspecified atom stereocenters. The van der Waals surface area contributed by atoms with Crippen molar-refractivity contribution in [3.8, 4) is 0 Å². The first-order valence-electron chi connectivity index (χ1n) is 5.37. The predicted octanol–water partition coefficient (Wildman–Crippen LogP) is 1.48. The van der Waals surface area contributed by atoms with E-state index in [0.717, 1.165) is 19.3 Å². The van der Waals surface area contributed by atoms with Crippen molar-refractivity contribution in [1.82, 2.24) is 14.6 Å². The smallest absolute Gasteiger partial charge is 0.265 e. The fraction of sp³-hybridized carbons (Fsp3) is 0.500. The van der Waals surface area contributed by atoms with Gasteiger partial charge in [0, 0.05) is 6.42 Å². The van der Waals surface area contributed by atoms with Gasteiger partial charge in [-0.2, -0.15) is 9.98 Å². The van der Waals surface area contributed by atoms with E-state index in [1.165, 1.54) is 12.7 Å². The molecule has 0 amide bonds. The first-order chi connectivity index (χ1) is 7.81. The van der Waals surface area contributed by atoms with E-state index >= 15 is 0 Å². The molecule has 3 rings (SSSR count). The summed E-state index contributed by atoms with van der Waals surface area (Å²) < 4.78 is 4.83. The molecule has 2 aliphatic heterocycles. The van der Waals surface area contributed by atoms with Gasteiger partial charge in [0.05, 0.1) is 12.8 Å². The molecule has 1 saturated heterocycles. The van der Waals surface area contributed by atoms with Gasteiger partial charge in [-0.15, -0.1) is 0 Å². The highest BCUT2D eigenvalue weighted by molar-refractivity contribution is 5.86. The van der Waals surface area contributed by atoms with Gasteiger partial charge >= 0.3 is 0 Å². The summed E-state index contributed by atoms with van der Waals surface area (Å²) in [6, 6.07) is 0. The van der Waals surface area contributed by atoms with Crippen LogP contribution in [0.1, 0.15) is 19.3 Å². The molecule has 1 aromatic rings. The fourth-order valence-corrected chi connectivity index (χ4v) is 2.12. The molecule has 0 aromatic carbocycles. The normalized spacial score (nSPS) is 32.7. The summed E-state index contributed by atoms with van der Waals surface area (Å²) in [5.74, 6) is 0.391. The lowest BCUT2D eigenvalue weighted by molar-refractivity contribution is -0.0356. The van der Waals surface area contributed by atoms with E-state index in [9.17, 15) is 5.21 Å². The van der Waals surface area contributed by atoms with E-state index < -0.39 is 10.9 Å². The van der Waals surface area contributed by atoms with Crippen LogP contribution in [0.2, 0.25) is 0 Å². The molecule has 6 heteroatoms. The molecule has 1 fully saturated rings. The molecular weight excluding hydrogens is 208 g/mol. The van der Waals surface area contributed by atoms with Gasteiger partial charge in [0.25, 0.3) is 5.82 Å². The van der Waals surface area contributed by atoms with Crippen LogP contribution >= 0.6 is 0 Å². The predicted molar refractivity (Wildman–Crippen MR) is 58.9 cm³/mol. The van der Waals surface area contributed by atoms with E-state index in [0.29, 0.717) is 18.1 Å². The zero-order valence-electron chi connectivity index (χ0n) is 8.74. The third-order valence-corrected chi connectivity index (χ3v) is 2.96. The van der Waals surface area contributed by atoms with Crippen molar-refractivity contribution in [2.75, 3.05) is 6.61 Å². The first kappa shape index (κ1) is 9.83. The maximum Gasteiger partial charge on any atom is 0.265 e. The van der Waals surface area contributed by atoms with Gasteiger partial charge in [0.2, 0.25) is 6.23 Å². The van der Waals surface area contributed by atoms with E-state index in [2.05, 4.69) is 15.0 Å². The Morgan fingerprint density at radius 1 is 1.44 bits per heavy atom. The summed E-state index contributed by atoms with van der Waals surface area (Å²) in [6.07, 6.45) is 6.66. The quantitative estimate of drug-likeness (QED) is 0.531. The molecule has 2 aliphatic rings. The van der Waals surface area contributed by atoms with Crippen molar-refractivity contribution in [2.24, 2.45) is 4.99 Å². The molecule has 16 heavy (non-hydrogen) atoms. The van der Waals surface area contributed by atoms with Gasteiger partial charge in [-0.1, -0.05) is 0 Å². The topological polar surface area (TPSA) is 70.4 Å². The standard InChI is InChI=1S/C10H12N4O2/c15-14(9-3-1-2-4-16-9)7-13-8-5-11-6-12-10(8)14/h5-7,9H,1-4H2. The Morgan fingerprint density at radius 2 is 2.38 bits per heavy atom. The largest absolute Gasteiger partial charge is 0.618 e. The Balaban J connectivity index is 1.97. The van der Waals surface area contributed by atoms with Crippen LogP contribution in [-0.4, -0.2) is 29.1 Å². The summed E-state index contributed by atoms with van der Waals surface area (Å²) in [4.78, 5) is 11.9. The molecule has 0 bridgehead atoms. The lowest BCUT2D eigenvalue weighted by Gasteiger charge is -2.41. The fourth-order valence-electron chi connectivity index (χ4n) is 2.12. The third-order valence-electron chi connectivity index (χ3n) is 2.96. The summed E-state index contributed by atoms with van der Waals surface area (Å²) in [6.45, 7) is 0.640. The number of ether oxygens (including phenoxy) is 1. The van der Waals surface area contributed by atoms with Crippen molar-refractivity contribution in [3.05, 3.63) is 17.7 Å². The highest BCUT2D eigenvalue weighted by Crippen LogP contribution is 2.38. The molecule has 0 spiro atoms. The van der Waals surface area contributed by atoms with Gasteiger partial charge in [-0.25, -0.2) is 9.63 Å². The minimum absolute atomic E-state index is 0.391. The average molecular weight is 220 g/mol. The minimum atomic E-state index is -0.697. The van der Waals surface area contributed by atoms with Crippen LogP contribution in [0.4, 0.5) is 11.5 Å². The SMILES string of the molecule is [O-][N+]1(C2CCCCO2)C=Nc2cncnc21. The van der Waals surface area contributed by atoms with E-state index in [4.69, 9.17) is 4.74 Å². The van der Waals surface area contributed by atoms with Gasteiger partial charge in [-0.05, 0) is 12.8 Å². The van der Waals surface area contributed by atoms with Crippen LogP contribution in [0.25, 0.3) is 0 Å². The van der Waals surface area contributed by atoms with Crippen molar-refractivity contribution >= 4 is 17.8 Å². The number of nitrogens with zero attached hydrogens (tertiary/aromatic N) is 4. The Bertz CT molecular complexity index is 431. The number of hydrogen-bond donors (Lipinski definition) is 0. The van der Waals surface area contributed by atoms with Gasteiger partial charge in [0.15, 0.2) is 12.0 Å². The highest BCUT2D eigenvalue weighted by atomic mass is 16.6. The molecule has 1 aromatic heterocycles. The molecule has 0 saturated carbocycles. The first-order valence-corrected chi connectivity index (χ1v) is 5.37. The van der Waals surface area contributed by atoms with Crippen LogP contribution in [0.5, 0.6) is 0 Å². The maximum atomic E-state index is 12.7. The number of aromatic nitrogens is 2. The highest BCUT2D eigenvalue weighted by Gasteiger charge is 2.39. The number of hydrogen-bond acceptors (Lipinski definition) is 5. The molecule has 3 heterocycles. The number of hydroxylamine groups is 2. The van der Waals surface area contributed by atoms with Crippen LogP contribution < -0.4 is 4.65 Å². The molecule has 0 N–H and O–H groups in total. The molecule has 6 nitrogen and oxygen atoms in total. The molecule has 84 valence electrons. The zero-order chi connectivity index (χ0) is 11.0. The number of quaternary nitrogens is 1. The Kier molecular flexibility index (Phi) is 2.20. The third kappa shape index (κ3) is 1.35. The van der Waals surface area contributed by atoms with Crippen molar-refractivity contribution < 1.29 is 4.74 Å². The average Bonchev–Trinajstić information content (AvgIpc) is 2.71. The Hall–Kier alpha value is -1.37. The number of rotatable bonds is 1. The minimum Gasteiger partial charge on any atom is -0.618 e. The summed E-state index contributed by atoms with van der Waals surface area (Å²) in [5, 5.41) is 12.7. The van der Waals surface area contributed by atoms with Gasteiger partial charge in [0.1, 0.15) is 6.33 Å². The molecule has 0 aliphatic carbocycles. The second kappa shape index (κ2) is 3.58. The van der Waals surface area contributed by atoms with Gasteiger partial charge < -0.3 is 9.94 Å². The zero-order valence-corrected chi connectivity index (χ0v) is 8.74. The van der Waals surface area contributed by atoms with Crippen molar-refractivity contribution in [3.63, 3.8) is 0 Å². The van der Waals surface area contributed by atoms with Crippen LogP contribution in [0.15, 0.2) is 17.5 Å². The second-order valence-corrected chi connectivity index (χ2v) is 4.01. The van der Waals surface area contributed by atoms with Crippen molar-refractivity contribution in [1.29, 1.82) is 0 Å². The van der Waals surface area contributed by atoms with E-state index in [1.807, 2.05) is 0 Å². The molecular formula is C10H12N4O2. The number of aliphatic imine (C=N–C) groups is 1. The van der Waals surface area contributed by atoms with E-state index in [1.54, 1.807) is 6.20 Å².